The van der Waals surface area contributed by atoms with Gasteiger partial charge in [-0.15, -0.1) is 0 Å². The Kier molecular flexibility index (Phi) is 5.30. The van der Waals surface area contributed by atoms with Crippen molar-refractivity contribution in [3.8, 4) is 0 Å². The predicted octanol–water partition coefficient (Wildman–Crippen LogP) is 2.08. The van der Waals surface area contributed by atoms with Gasteiger partial charge in [0.25, 0.3) is 0 Å². The van der Waals surface area contributed by atoms with Crippen LogP contribution >= 0.6 is 0 Å². The summed E-state index contributed by atoms with van der Waals surface area (Å²) in [7, 11) is -3.84. The van der Waals surface area contributed by atoms with Crippen LogP contribution in [0.15, 0.2) is 23.1 Å². The second-order valence-corrected chi connectivity index (χ2v) is 6.86. The van der Waals surface area contributed by atoms with E-state index in [1.165, 1.54) is 12.1 Å². The largest absolute Gasteiger partial charge is 0.480 e. The van der Waals surface area contributed by atoms with Gasteiger partial charge in [-0.05, 0) is 43.0 Å². The van der Waals surface area contributed by atoms with Crippen LogP contribution in [-0.4, -0.2) is 25.5 Å². The number of sulfonamides is 1. The maximum Gasteiger partial charge on any atom is 0.322 e. The molecule has 0 spiro atoms. The van der Waals surface area contributed by atoms with E-state index in [0.29, 0.717) is 6.42 Å². The SMILES string of the molecule is CCC(C)[C@H](NS(=O)(=O)c1cc(C)cc(C)c1)C(=O)O. The van der Waals surface area contributed by atoms with E-state index >= 15 is 0 Å². The molecule has 0 heterocycles. The second-order valence-electron chi connectivity index (χ2n) is 5.15. The molecule has 0 aliphatic heterocycles. The van der Waals surface area contributed by atoms with Crippen LogP contribution in [0.3, 0.4) is 0 Å². The Balaban J connectivity index is 3.13. The molecule has 0 saturated heterocycles. The van der Waals surface area contributed by atoms with Crippen molar-refractivity contribution in [2.75, 3.05) is 0 Å². The molecule has 2 atom stereocenters. The van der Waals surface area contributed by atoms with E-state index in [4.69, 9.17) is 5.11 Å². The molecule has 0 amide bonds. The minimum atomic E-state index is -3.84. The van der Waals surface area contributed by atoms with E-state index < -0.39 is 22.0 Å². The highest BCUT2D eigenvalue weighted by Gasteiger charge is 2.29. The molecule has 0 aliphatic carbocycles. The van der Waals surface area contributed by atoms with E-state index in [9.17, 15) is 13.2 Å². The van der Waals surface area contributed by atoms with Gasteiger partial charge in [0.05, 0.1) is 4.90 Å². The van der Waals surface area contributed by atoms with Gasteiger partial charge in [0.2, 0.25) is 10.0 Å². The second kappa shape index (κ2) is 6.37. The zero-order chi connectivity index (χ0) is 15.5. The molecule has 0 aromatic heterocycles. The molecule has 1 aromatic carbocycles. The number of hydrogen-bond acceptors (Lipinski definition) is 3. The molecule has 1 aromatic rings. The van der Waals surface area contributed by atoms with Crippen LogP contribution < -0.4 is 4.72 Å². The first-order chi connectivity index (χ1) is 9.17. The fraction of sp³-hybridized carbons (Fsp3) is 0.500. The van der Waals surface area contributed by atoms with E-state index in [2.05, 4.69) is 4.72 Å². The average Bonchev–Trinajstić information content (AvgIpc) is 2.33. The van der Waals surface area contributed by atoms with Gasteiger partial charge in [-0.1, -0.05) is 26.3 Å². The molecule has 1 rings (SSSR count). The number of carboxylic acids is 1. The van der Waals surface area contributed by atoms with Gasteiger partial charge in [0, 0.05) is 0 Å². The average molecular weight is 299 g/mol. The summed E-state index contributed by atoms with van der Waals surface area (Å²) < 4.78 is 26.9. The van der Waals surface area contributed by atoms with Gasteiger partial charge in [-0.25, -0.2) is 8.42 Å². The van der Waals surface area contributed by atoms with Crippen molar-refractivity contribution in [2.24, 2.45) is 5.92 Å². The molecule has 0 fully saturated rings. The summed E-state index contributed by atoms with van der Waals surface area (Å²) in [6.07, 6.45) is 0.576. The Labute approximate surface area is 120 Å². The van der Waals surface area contributed by atoms with E-state index in [1.54, 1.807) is 20.8 Å². The van der Waals surface area contributed by atoms with Gasteiger partial charge in [0.15, 0.2) is 0 Å². The zero-order valence-electron chi connectivity index (χ0n) is 12.2. The molecule has 112 valence electrons. The molecule has 20 heavy (non-hydrogen) atoms. The van der Waals surface area contributed by atoms with Crippen LogP contribution in [0.4, 0.5) is 0 Å². The molecule has 0 aliphatic rings. The molecule has 6 heteroatoms. The molecule has 0 radical (unpaired) electrons. The first-order valence-electron chi connectivity index (χ1n) is 6.50. The Morgan fingerprint density at radius 3 is 2.15 bits per heavy atom. The number of hydrogen-bond donors (Lipinski definition) is 2. The minimum absolute atomic E-state index is 0.101. The Hall–Kier alpha value is -1.40. The lowest BCUT2D eigenvalue weighted by atomic mass is 10.0. The predicted molar refractivity (Wildman–Crippen MR) is 77.1 cm³/mol. The van der Waals surface area contributed by atoms with Crippen LogP contribution in [0.25, 0.3) is 0 Å². The highest BCUT2D eigenvalue weighted by Crippen LogP contribution is 2.17. The maximum atomic E-state index is 12.3. The van der Waals surface area contributed by atoms with Crippen LogP contribution in [0.2, 0.25) is 0 Å². The van der Waals surface area contributed by atoms with Crippen molar-refractivity contribution in [2.45, 2.75) is 45.1 Å². The summed E-state index contributed by atoms with van der Waals surface area (Å²) in [4.78, 5) is 11.3. The monoisotopic (exact) mass is 299 g/mol. The van der Waals surface area contributed by atoms with Gasteiger partial charge >= 0.3 is 5.97 Å². The van der Waals surface area contributed by atoms with Crippen molar-refractivity contribution in [3.63, 3.8) is 0 Å². The molecule has 5 nitrogen and oxygen atoms in total. The molecule has 2 N–H and O–H groups in total. The smallest absolute Gasteiger partial charge is 0.322 e. The third-order valence-corrected chi connectivity index (χ3v) is 4.69. The van der Waals surface area contributed by atoms with Gasteiger partial charge in [0.1, 0.15) is 6.04 Å². The van der Waals surface area contributed by atoms with E-state index in [1.807, 2.05) is 13.0 Å². The summed E-state index contributed by atoms with van der Waals surface area (Å²) in [6, 6.07) is 3.81. The van der Waals surface area contributed by atoms with Gasteiger partial charge in [-0.2, -0.15) is 4.72 Å². The molecular weight excluding hydrogens is 278 g/mol. The topological polar surface area (TPSA) is 83.5 Å². The highest BCUT2D eigenvalue weighted by atomic mass is 32.2. The number of rotatable bonds is 6. The molecule has 0 bridgehead atoms. The van der Waals surface area contributed by atoms with E-state index in [-0.39, 0.29) is 10.8 Å². The number of aryl methyl sites for hydroxylation is 2. The Bertz CT molecular complexity index is 575. The van der Waals surface area contributed by atoms with Crippen LogP contribution in [-0.2, 0) is 14.8 Å². The highest BCUT2D eigenvalue weighted by molar-refractivity contribution is 7.89. The van der Waals surface area contributed by atoms with Crippen LogP contribution in [0.5, 0.6) is 0 Å². The van der Waals surface area contributed by atoms with E-state index in [0.717, 1.165) is 11.1 Å². The maximum absolute atomic E-state index is 12.3. The van der Waals surface area contributed by atoms with Crippen molar-refractivity contribution in [1.29, 1.82) is 0 Å². The van der Waals surface area contributed by atoms with Crippen molar-refractivity contribution >= 4 is 16.0 Å². The first-order valence-corrected chi connectivity index (χ1v) is 7.99. The lowest BCUT2D eigenvalue weighted by molar-refractivity contribution is -0.140. The normalized spacial score (nSPS) is 14.8. The molecule has 0 saturated carbocycles. The minimum Gasteiger partial charge on any atom is -0.480 e. The summed E-state index contributed by atoms with van der Waals surface area (Å²) in [6.45, 7) is 7.14. The van der Waals surface area contributed by atoms with Crippen LogP contribution in [0, 0.1) is 19.8 Å². The third kappa shape index (κ3) is 4.05. The Morgan fingerprint density at radius 1 is 1.25 bits per heavy atom. The number of aliphatic carboxylic acids is 1. The fourth-order valence-corrected chi connectivity index (χ4v) is 3.45. The quantitative estimate of drug-likeness (QED) is 0.842. The standard InChI is InChI=1S/C14H21NO4S/c1-5-11(4)13(14(16)17)15-20(18,19)12-7-9(2)6-10(3)8-12/h6-8,11,13,15H,5H2,1-4H3,(H,16,17)/t11?,13-/m0/s1. The molecular formula is C14H21NO4S. The van der Waals surface area contributed by atoms with Crippen molar-refractivity contribution in [3.05, 3.63) is 29.3 Å². The van der Waals surface area contributed by atoms with Crippen molar-refractivity contribution < 1.29 is 18.3 Å². The lowest BCUT2D eigenvalue weighted by Gasteiger charge is -2.20. The first kappa shape index (κ1) is 16.7. The third-order valence-electron chi connectivity index (χ3n) is 3.27. The Morgan fingerprint density at radius 2 is 1.75 bits per heavy atom. The number of benzene rings is 1. The fourth-order valence-electron chi connectivity index (χ4n) is 1.97. The lowest BCUT2D eigenvalue weighted by Crippen LogP contribution is -2.44. The number of carbonyl (C=O) groups is 1. The summed E-state index contributed by atoms with van der Waals surface area (Å²) in [5.74, 6) is -1.44. The number of carboxylic acid groups (broad SMARTS) is 1. The summed E-state index contributed by atoms with van der Waals surface area (Å²) in [5, 5.41) is 9.17. The molecule has 1 unspecified atom stereocenters. The zero-order valence-corrected chi connectivity index (χ0v) is 13.0. The number of nitrogens with one attached hydrogen (secondary N) is 1. The van der Waals surface area contributed by atoms with Crippen molar-refractivity contribution in [1.82, 2.24) is 4.72 Å². The summed E-state index contributed by atoms with van der Waals surface area (Å²) in [5.41, 5.74) is 1.64. The summed E-state index contributed by atoms with van der Waals surface area (Å²) >= 11 is 0. The van der Waals surface area contributed by atoms with Gasteiger partial charge in [-0.3, -0.25) is 4.79 Å². The van der Waals surface area contributed by atoms with Crippen LogP contribution in [0.1, 0.15) is 31.4 Å². The van der Waals surface area contributed by atoms with Gasteiger partial charge < -0.3 is 5.11 Å².